The number of hydrogen-bond donors (Lipinski definition) is 1. The van der Waals surface area contributed by atoms with E-state index in [2.05, 4.69) is 10.4 Å². The van der Waals surface area contributed by atoms with Gasteiger partial charge in [-0.2, -0.15) is 31.0 Å². The molecule has 0 radical (unpaired) electrons. The van der Waals surface area contributed by atoms with Crippen LogP contribution >= 0.6 is 11.6 Å². The number of nitrogens with one attached hydrogen (secondary N) is 1. The summed E-state index contributed by atoms with van der Waals surface area (Å²) in [6, 6.07) is 1.05. The molecular formula is C11H10ClF5KN5O3S. The third kappa shape index (κ3) is 5.48. The molecule has 2 rings (SSSR count). The number of hydrogen-bond acceptors (Lipinski definition) is 5. The number of anilines is 1. The molecule has 2 aromatic rings. The van der Waals surface area contributed by atoms with Crippen LogP contribution < -0.4 is 10.4 Å². The Hall–Kier alpha value is -0.584. The van der Waals surface area contributed by atoms with Gasteiger partial charge in [0.2, 0.25) is 0 Å². The van der Waals surface area contributed by atoms with Crippen LogP contribution in [0.3, 0.4) is 0 Å². The van der Waals surface area contributed by atoms with E-state index in [4.69, 9.17) is 11.6 Å². The Morgan fingerprint density at radius 1 is 1.22 bits per heavy atom. The van der Waals surface area contributed by atoms with E-state index in [9.17, 15) is 35.2 Å². The average Bonchev–Trinajstić information content (AvgIpc) is 2.87. The monoisotopic (exact) mass is 461 g/mol. The Bertz CT molecular complexity index is 978. The first-order chi connectivity index (χ1) is 12.0. The molecule has 1 N–H and O–H groups in total. The van der Waals surface area contributed by atoms with E-state index < -0.39 is 50.1 Å². The van der Waals surface area contributed by atoms with E-state index in [0.29, 0.717) is 21.5 Å². The van der Waals surface area contributed by atoms with E-state index >= 15 is 0 Å². The van der Waals surface area contributed by atoms with E-state index in [-0.39, 0.29) is 64.4 Å². The number of halogens is 6. The first kappa shape index (κ1) is 24.5. The maximum atomic E-state index is 14.0. The van der Waals surface area contributed by atoms with Crippen LogP contribution in [0.2, 0.25) is 5.02 Å². The molecule has 146 valence electrons. The number of sulfonamides is 1. The SMILES string of the molecule is O=c1n(CCCF)nnn1-c1cc(NS(=O)(=O)C(F)(F)F)c(Cl)cc1F.[KH]. The molecule has 1 heterocycles. The van der Waals surface area contributed by atoms with Gasteiger partial charge in [-0.25, -0.2) is 9.18 Å². The predicted molar refractivity (Wildman–Crippen MR) is 86.9 cm³/mol. The molecule has 0 spiro atoms. The summed E-state index contributed by atoms with van der Waals surface area (Å²) < 4.78 is 88.1. The van der Waals surface area contributed by atoms with Crippen molar-refractivity contribution in [1.29, 1.82) is 0 Å². The van der Waals surface area contributed by atoms with Crippen molar-refractivity contribution in [1.82, 2.24) is 19.8 Å². The van der Waals surface area contributed by atoms with Crippen molar-refractivity contribution in [2.75, 3.05) is 11.4 Å². The first-order valence-electron chi connectivity index (χ1n) is 6.65. The van der Waals surface area contributed by atoms with Gasteiger partial charge in [0.05, 0.1) is 23.9 Å². The molecule has 0 unspecified atom stereocenters. The van der Waals surface area contributed by atoms with Gasteiger partial charge in [-0.3, -0.25) is 9.11 Å². The number of benzene rings is 1. The second kappa shape index (κ2) is 9.28. The normalized spacial score (nSPS) is 11.9. The molecular weight excluding hydrogens is 452 g/mol. The molecule has 16 heteroatoms. The first-order valence-corrected chi connectivity index (χ1v) is 8.51. The molecule has 0 aliphatic rings. The molecule has 0 aliphatic heterocycles. The Balaban J connectivity index is 0.00000364. The summed E-state index contributed by atoms with van der Waals surface area (Å²) in [6.07, 6.45) is -0.0711. The Kier molecular flexibility index (Phi) is 8.40. The molecule has 0 saturated heterocycles. The third-order valence-electron chi connectivity index (χ3n) is 2.96. The van der Waals surface area contributed by atoms with E-state index in [1.165, 1.54) is 0 Å². The van der Waals surface area contributed by atoms with Crippen LogP contribution in [0.4, 0.5) is 27.6 Å². The van der Waals surface area contributed by atoms with Gasteiger partial charge in [0.15, 0.2) is 5.82 Å². The van der Waals surface area contributed by atoms with Gasteiger partial charge in [0, 0.05) is 0 Å². The zero-order chi connectivity index (χ0) is 19.7. The molecule has 1 aromatic heterocycles. The molecule has 0 fully saturated rings. The van der Waals surface area contributed by atoms with Gasteiger partial charge < -0.3 is 0 Å². The van der Waals surface area contributed by atoms with Crippen molar-refractivity contribution in [3.63, 3.8) is 0 Å². The number of alkyl halides is 4. The number of tetrazole rings is 1. The van der Waals surface area contributed by atoms with E-state index in [1.807, 2.05) is 0 Å². The minimum atomic E-state index is -5.83. The maximum absolute atomic E-state index is 14.0. The topological polar surface area (TPSA) is 98.9 Å². The quantitative estimate of drug-likeness (QED) is 0.515. The summed E-state index contributed by atoms with van der Waals surface area (Å²) >= 11 is 5.55. The Morgan fingerprint density at radius 3 is 2.41 bits per heavy atom. The van der Waals surface area contributed by atoms with Gasteiger partial charge >= 0.3 is 72.6 Å². The van der Waals surface area contributed by atoms with Crippen molar-refractivity contribution < 1.29 is 30.4 Å². The predicted octanol–water partition coefficient (Wildman–Crippen LogP) is 1.19. The molecule has 1 aromatic carbocycles. The molecule has 0 atom stereocenters. The molecule has 0 aliphatic carbocycles. The number of aromatic nitrogens is 4. The van der Waals surface area contributed by atoms with Crippen LogP contribution in [0.15, 0.2) is 16.9 Å². The summed E-state index contributed by atoms with van der Waals surface area (Å²) in [7, 11) is -5.83. The van der Waals surface area contributed by atoms with Crippen LogP contribution in [-0.2, 0) is 16.6 Å². The fourth-order valence-corrected chi connectivity index (χ4v) is 2.58. The standard InChI is InChI=1S/C11H9ClF5N5O3S.K.H/c12-6-4-7(14)9(5-8(6)18-26(24,25)11(15,16)17)22-10(23)21(19-20-22)3-1-2-13;;/h4-5,18H,1-3H2;;. The van der Waals surface area contributed by atoms with Gasteiger partial charge in [-0.1, -0.05) is 11.6 Å². The Morgan fingerprint density at radius 2 is 1.85 bits per heavy atom. The fourth-order valence-electron chi connectivity index (χ4n) is 1.76. The molecule has 27 heavy (non-hydrogen) atoms. The summed E-state index contributed by atoms with van der Waals surface area (Å²) in [4.78, 5) is 12.0. The van der Waals surface area contributed by atoms with Gasteiger partial charge in [0.1, 0.15) is 5.69 Å². The molecule has 0 amide bonds. The van der Waals surface area contributed by atoms with E-state index in [0.717, 1.165) is 4.72 Å². The third-order valence-corrected chi connectivity index (χ3v) is 4.37. The summed E-state index contributed by atoms with van der Waals surface area (Å²) in [6.45, 7) is -0.921. The van der Waals surface area contributed by atoms with Crippen molar-refractivity contribution in [3.8, 4) is 5.69 Å². The molecule has 8 nitrogen and oxygen atoms in total. The zero-order valence-corrected chi connectivity index (χ0v) is 14.0. The molecule has 0 saturated carbocycles. The van der Waals surface area contributed by atoms with Crippen LogP contribution in [-0.4, -0.2) is 91.8 Å². The second-order valence-electron chi connectivity index (χ2n) is 4.77. The van der Waals surface area contributed by atoms with Gasteiger partial charge in [-0.05, 0) is 29.0 Å². The minimum absolute atomic E-state index is 0. The van der Waals surface area contributed by atoms with Gasteiger partial charge in [0.25, 0.3) is 0 Å². The van der Waals surface area contributed by atoms with Crippen molar-refractivity contribution >= 4 is 78.7 Å². The number of nitrogens with zero attached hydrogens (tertiary/aromatic N) is 4. The number of rotatable bonds is 6. The van der Waals surface area contributed by atoms with Crippen molar-refractivity contribution in [2.24, 2.45) is 0 Å². The second-order valence-corrected chi connectivity index (χ2v) is 6.85. The van der Waals surface area contributed by atoms with Crippen LogP contribution in [0.25, 0.3) is 5.69 Å². The van der Waals surface area contributed by atoms with Crippen LogP contribution in [0.5, 0.6) is 0 Å². The van der Waals surface area contributed by atoms with Crippen LogP contribution in [0.1, 0.15) is 6.42 Å². The van der Waals surface area contributed by atoms with Crippen molar-refractivity contribution in [3.05, 3.63) is 33.5 Å². The average molecular weight is 462 g/mol. The summed E-state index contributed by atoms with van der Waals surface area (Å²) in [5.74, 6) is -1.18. The van der Waals surface area contributed by atoms with Gasteiger partial charge in [-0.15, -0.1) is 0 Å². The Labute approximate surface area is 196 Å². The fraction of sp³-hybridized carbons (Fsp3) is 0.364. The summed E-state index contributed by atoms with van der Waals surface area (Å²) in [5.41, 5.74) is -8.18. The zero-order valence-electron chi connectivity index (χ0n) is 12.5. The number of aryl methyl sites for hydroxylation is 1. The van der Waals surface area contributed by atoms with Crippen LogP contribution in [0, 0.1) is 5.82 Å². The van der Waals surface area contributed by atoms with E-state index in [1.54, 1.807) is 0 Å². The van der Waals surface area contributed by atoms with Crippen molar-refractivity contribution in [2.45, 2.75) is 18.5 Å². The summed E-state index contributed by atoms with van der Waals surface area (Å²) in [5, 5.41) is 6.01. The molecule has 0 bridgehead atoms.